The lowest BCUT2D eigenvalue weighted by atomic mass is 10.0. The summed E-state index contributed by atoms with van der Waals surface area (Å²) < 4.78 is 27.3. The molecule has 24 heavy (non-hydrogen) atoms. The molecule has 5 heteroatoms. The zero-order valence-corrected chi connectivity index (χ0v) is 15.0. The van der Waals surface area contributed by atoms with Crippen molar-refractivity contribution in [1.82, 2.24) is 9.21 Å². The predicted molar refractivity (Wildman–Crippen MR) is 97.2 cm³/mol. The molecule has 1 unspecified atom stereocenters. The standard InChI is InChI=1S/C19H24N2O2S/c1-16-8-10-17(11-9-16)15-24(22,23)21-13-12-20(2)19(14-21)18-6-4-3-5-7-18/h3-11,19H,12-15H2,1-2H3. The van der Waals surface area contributed by atoms with Crippen LogP contribution in [-0.2, 0) is 15.8 Å². The van der Waals surface area contributed by atoms with E-state index in [4.69, 9.17) is 0 Å². The highest BCUT2D eigenvalue weighted by atomic mass is 32.2. The smallest absolute Gasteiger partial charge is 0.218 e. The van der Waals surface area contributed by atoms with E-state index in [1.54, 1.807) is 4.31 Å². The lowest BCUT2D eigenvalue weighted by molar-refractivity contribution is 0.148. The number of nitrogens with zero attached hydrogens (tertiary/aromatic N) is 2. The SMILES string of the molecule is Cc1ccc(CS(=O)(=O)N2CCN(C)C(c3ccccc3)C2)cc1. The molecule has 0 saturated carbocycles. The van der Waals surface area contributed by atoms with Gasteiger partial charge in [-0.05, 0) is 25.1 Å². The van der Waals surface area contributed by atoms with Gasteiger partial charge in [0.05, 0.1) is 5.75 Å². The van der Waals surface area contributed by atoms with E-state index in [0.29, 0.717) is 13.1 Å². The number of benzene rings is 2. The highest BCUT2D eigenvalue weighted by Crippen LogP contribution is 2.26. The third-order valence-electron chi connectivity index (χ3n) is 4.66. The molecule has 1 heterocycles. The zero-order valence-electron chi connectivity index (χ0n) is 14.2. The van der Waals surface area contributed by atoms with Crippen LogP contribution in [0.2, 0.25) is 0 Å². The van der Waals surface area contributed by atoms with Crippen LogP contribution in [0.1, 0.15) is 22.7 Å². The Bertz CT molecular complexity index is 773. The van der Waals surface area contributed by atoms with Crippen molar-refractivity contribution in [2.75, 3.05) is 26.7 Å². The molecule has 128 valence electrons. The fourth-order valence-electron chi connectivity index (χ4n) is 3.12. The number of likely N-dealkylation sites (N-methyl/N-ethyl adjacent to an activating group) is 1. The highest BCUT2D eigenvalue weighted by Gasteiger charge is 2.32. The molecule has 1 atom stereocenters. The molecule has 1 saturated heterocycles. The van der Waals surface area contributed by atoms with Crippen LogP contribution < -0.4 is 0 Å². The summed E-state index contributed by atoms with van der Waals surface area (Å²) in [6.45, 7) is 3.80. The van der Waals surface area contributed by atoms with Gasteiger partial charge in [-0.1, -0.05) is 60.2 Å². The van der Waals surface area contributed by atoms with Gasteiger partial charge >= 0.3 is 0 Å². The lowest BCUT2D eigenvalue weighted by Crippen LogP contribution is -2.49. The van der Waals surface area contributed by atoms with E-state index in [-0.39, 0.29) is 11.8 Å². The number of sulfonamides is 1. The molecule has 1 aliphatic heterocycles. The minimum Gasteiger partial charge on any atom is -0.297 e. The molecular weight excluding hydrogens is 320 g/mol. The Balaban J connectivity index is 1.77. The maximum atomic E-state index is 12.8. The Hall–Kier alpha value is -1.69. The highest BCUT2D eigenvalue weighted by molar-refractivity contribution is 7.88. The molecule has 0 aromatic heterocycles. The van der Waals surface area contributed by atoms with Crippen LogP contribution in [-0.4, -0.2) is 44.3 Å². The van der Waals surface area contributed by atoms with Gasteiger partial charge in [0.1, 0.15) is 0 Å². The molecule has 1 aliphatic rings. The van der Waals surface area contributed by atoms with Crippen molar-refractivity contribution in [3.8, 4) is 0 Å². The van der Waals surface area contributed by atoms with E-state index in [1.807, 2.05) is 49.4 Å². The fourth-order valence-corrected chi connectivity index (χ4v) is 4.65. The number of rotatable bonds is 4. The minimum atomic E-state index is -3.31. The van der Waals surface area contributed by atoms with E-state index < -0.39 is 10.0 Å². The third kappa shape index (κ3) is 3.86. The summed E-state index contributed by atoms with van der Waals surface area (Å²) in [5.74, 6) is 0.0680. The molecule has 1 fully saturated rings. The van der Waals surface area contributed by atoms with E-state index in [0.717, 1.165) is 23.2 Å². The molecule has 0 amide bonds. The average molecular weight is 344 g/mol. The first-order valence-electron chi connectivity index (χ1n) is 8.24. The summed E-state index contributed by atoms with van der Waals surface area (Å²) in [5.41, 5.74) is 3.14. The first kappa shape index (κ1) is 17.1. The zero-order chi connectivity index (χ0) is 17.2. The van der Waals surface area contributed by atoms with Crippen molar-refractivity contribution < 1.29 is 8.42 Å². The predicted octanol–water partition coefficient (Wildman–Crippen LogP) is 2.81. The van der Waals surface area contributed by atoms with Gasteiger partial charge in [0.15, 0.2) is 0 Å². The number of piperazine rings is 1. The molecule has 2 aromatic carbocycles. The van der Waals surface area contributed by atoms with Crippen LogP contribution in [0.3, 0.4) is 0 Å². The first-order chi connectivity index (χ1) is 11.5. The molecule has 2 aromatic rings. The summed E-state index contributed by atoms with van der Waals surface area (Å²) >= 11 is 0. The van der Waals surface area contributed by atoms with Gasteiger partial charge < -0.3 is 0 Å². The molecule has 4 nitrogen and oxygen atoms in total. The van der Waals surface area contributed by atoms with E-state index in [2.05, 4.69) is 24.1 Å². The van der Waals surface area contributed by atoms with Crippen LogP contribution >= 0.6 is 0 Å². The van der Waals surface area contributed by atoms with Gasteiger partial charge in [0, 0.05) is 25.7 Å². The number of aryl methyl sites for hydroxylation is 1. The van der Waals surface area contributed by atoms with Crippen LogP contribution in [0.25, 0.3) is 0 Å². The van der Waals surface area contributed by atoms with Crippen LogP contribution in [0.4, 0.5) is 0 Å². The van der Waals surface area contributed by atoms with Crippen molar-refractivity contribution in [1.29, 1.82) is 0 Å². The maximum Gasteiger partial charge on any atom is 0.218 e. The van der Waals surface area contributed by atoms with Gasteiger partial charge in [-0.25, -0.2) is 8.42 Å². The lowest BCUT2D eigenvalue weighted by Gasteiger charge is -2.39. The largest absolute Gasteiger partial charge is 0.297 e. The van der Waals surface area contributed by atoms with Crippen LogP contribution in [0.15, 0.2) is 54.6 Å². The summed E-state index contributed by atoms with van der Waals surface area (Å²) in [6.07, 6.45) is 0. The van der Waals surface area contributed by atoms with Crippen LogP contribution in [0, 0.1) is 6.92 Å². The summed E-state index contributed by atoms with van der Waals surface area (Å²) in [7, 11) is -1.25. The van der Waals surface area contributed by atoms with Gasteiger partial charge in [0.2, 0.25) is 10.0 Å². The second-order valence-corrected chi connectivity index (χ2v) is 8.48. The molecule has 3 rings (SSSR count). The van der Waals surface area contributed by atoms with Gasteiger partial charge in [-0.3, -0.25) is 4.90 Å². The second kappa shape index (κ2) is 7.05. The monoisotopic (exact) mass is 344 g/mol. The Morgan fingerprint density at radius 2 is 1.67 bits per heavy atom. The summed E-state index contributed by atoms with van der Waals surface area (Å²) in [5, 5.41) is 0. The molecule has 0 N–H and O–H groups in total. The van der Waals surface area contributed by atoms with Gasteiger partial charge in [-0.2, -0.15) is 4.31 Å². The normalized spacial score (nSPS) is 20.2. The van der Waals surface area contributed by atoms with Crippen molar-refractivity contribution in [3.05, 3.63) is 71.3 Å². The quantitative estimate of drug-likeness (QED) is 0.856. The van der Waals surface area contributed by atoms with Crippen molar-refractivity contribution in [2.24, 2.45) is 0 Å². The summed E-state index contributed by atoms with van der Waals surface area (Å²) in [6, 6.07) is 17.9. The molecule has 0 aliphatic carbocycles. The summed E-state index contributed by atoms with van der Waals surface area (Å²) in [4.78, 5) is 2.23. The Labute approximate surface area is 144 Å². The second-order valence-electron chi connectivity index (χ2n) is 6.51. The van der Waals surface area contributed by atoms with Gasteiger partial charge in [0.25, 0.3) is 0 Å². The van der Waals surface area contributed by atoms with Crippen LogP contribution in [0.5, 0.6) is 0 Å². The average Bonchev–Trinajstić information content (AvgIpc) is 2.58. The molecule has 0 radical (unpaired) electrons. The Morgan fingerprint density at radius 1 is 1.00 bits per heavy atom. The fraction of sp³-hybridized carbons (Fsp3) is 0.368. The van der Waals surface area contributed by atoms with Crippen molar-refractivity contribution in [2.45, 2.75) is 18.7 Å². The topological polar surface area (TPSA) is 40.6 Å². The van der Waals surface area contributed by atoms with Crippen molar-refractivity contribution >= 4 is 10.0 Å². The van der Waals surface area contributed by atoms with E-state index in [1.165, 1.54) is 0 Å². The molecule has 0 spiro atoms. The Morgan fingerprint density at radius 3 is 2.33 bits per heavy atom. The number of hydrogen-bond donors (Lipinski definition) is 0. The number of hydrogen-bond acceptors (Lipinski definition) is 3. The van der Waals surface area contributed by atoms with Crippen molar-refractivity contribution in [3.63, 3.8) is 0 Å². The first-order valence-corrected chi connectivity index (χ1v) is 9.85. The third-order valence-corrected chi connectivity index (χ3v) is 6.47. The molecule has 0 bridgehead atoms. The van der Waals surface area contributed by atoms with Gasteiger partial charge in [-0.15, -0.1) is 0 Å². The van der Waals surface area contributed by atoms with E-state index >= 15 is 0 Å². The molecular formula is C19H24N2O2S. The Kier molecular flexibility index (Phi) is 5.04. The van der Waals surface area contributed by atoms with E-state index in [9.17, 15) is 8.42 Å². The minimum absolute atomic E-state index is 0.0680. The maximum absolute atomic E-state index is 12.8.